The van der Waals surface area contributed by atoms with Gasteiger partial charge >= 0.3 is 5.97 Å². The van der Waals surface area contributed by atoms with E-state index in [0.29, 0.717) is 17.9 Å². The molecule has 1 aromatic rings. The van der Waals surface area contributed by atoms with Gasteiger partial charge in [0.15, 0.2) is 0 Å². The lowest BCUT2D eigenvalue weighted by Gasteiger charge is -2.41. The molecular formula is C18H27NO2. The van der Waals surface area contributed by atoms with Crippen LogP contribution in [0.1, 0.15) is 52.4 Å². The van der Waals surface area contributed by atoms with E-state index < -0.39 is 5.97 Å². The molecule has 0 spiro atoms. The minimum absolute atomic E-state index is 0.252. The van der Waals surface area contributed by atoms with E-state index in [1.54, 1.807) is 0 Å². The normalized spacial score (nSPS) is 18.4. The fourth-order valence-electron chi connectivity index (χ4n) is 3.24. The van der Waals surface area contributed by atoms with Gasteiger partial charge in [-0.05, 0) is 49.7 Å². The van der Waals surface area contributed by atoms with Crippen molar-refractivity contribution in [1.82, 2.24) is 0 Å². The highest BCUT2D eigenvalue weighted by molar-refractivity contribution is 5.66. The number of hydrogen-bond acceptors (Lipinski definition) is 2. The summed E-state index contributed by atoms with van der Waals surface area (Å²) in [6.45, 7) is 5.53. The number of rotatable bonds is 6. The summed E-state index contributed by atoms with van der Waals surface area (Å²) in [5.41, 5.74) is 1.69. The molecule has 0 aromatic heterocycles. The van der Waals surface area contributed by atoms with Gasteiger partial charge in [0.2, 0.25) is 0 Å². The summed E-state index contributed by atoms with van der Waals surface area (Å²) in [7, 11) is 0. The second-order valence-corrected chi connectivity index (χ2v) is 6.92. The molecule has 1 aliphatic carbocycles. The van der Waals surface area contributed by atoms with Crippen molar-refractivity contribution in [2.75, 3.05) is 11.4 Å². The fourth-order valence-corrected chi connectivity index (χ4v) is 3.24. The van der Waals surface area contributed by atoms with Gasteiger partial charge in [-0.1, -0.05) is 32.0 Å². The van der Waals surface area contributed by atoms with E-state index in [9.17, 15) is 4.79 Å². The Kier molecular flexibility index (Phi) is 5.27. The maximum atomic E-state index is 10.8. The van der Waals surface area contributed by atoms with E-state index in [1.165, 1.54) is 31.4 Å². The van der Waals surface area contributed by atoms with Crippen LogP contribution in [-0.4, -0.2) is 23.7 Å². The monoisotopic (exact) mass is 289 g/mol. The Morgan fingerprint density at radius 1 is 1.24 bits per heavy atom. The zero-order valence-corrected chi connectivity index (χ0v) is 13.2. The van der Waals surface area contributed by atoms with Crippen molar-refractivity contribution in [1.29, 1.82) is 0 Å². The van der Waals surface area contributed by atoms with Crippen molar-refractivity contribution in [3.8, 4) is 0 Å². The van der Waals surface area contributed by atoms with E-state index in [4.69, 9.17) is 5.11 Å². The molecule has 3 nitrogen and oxygen atoms in total. The SMILES string of the molecule is CC1(C)CCC(N(CCCC(=O)O)c2ccccc2)CC1. The molecule has 1 aliphatic rings. The van der Waals surface area contributed by atoms with Crippen LogP contribution in [0.15, 0.2) is 30.3 Å². The van der Waals surface area contributed by atoms with Crippen LogP contribution in [0.3, 0.4) is 0 Å². The average molecular weight is 289 g/mol. The van der Waals surface area contributed by atoms with Gasteiger partial charge in [0.25, 0.3) is 0 Å². The Balaban J connectivity index is 2.03. The molecule has 0 heterocycles. The standard InChI is InChI=1S/C18H27NO2/c1-18(2)12-10-16(11-13-18)19(14-6-9-17(20)21)15-7-4-3-5-8-15/h3-5,7-8,16H,6,9-14H2,1-2H3,(H,20,21). The Bertz CT molecular complexity index is 446. The molecule has 0 unspecified atom stereocenters. The number of carboxylic acids is 1. The molecule has 1 saturated carbocycles. The second-order valence-electron chi connectivity index (χ2n) is 6.92. The molecule has 116 valence electrons. The van der Waals surface area contributed by atoms with Crippen LogP contribution in [0, 0.1) is 5.41 Å². The van der Waals surface area contributed by atoms with Crippen LogP contribution < -0.4 is 4.90 Å². The molecule has 1 fully saturated rings. The quantitative estimate of drug-likeness (QED) is 0.847. The first kappa shape index (κ1) is 15.9. The molecule has 21 heavy (non-hydrogen) atoms. The summed E-state index contributed by atoms with van der Waals surface area (Å²) < 4.78 is 0. The third-order valence-corrected chi connectivity index (χ3v) is 4.63. The van der Waals surface area contributed by atoms with E-state index in [-0.39, 0.29) is 6.42 Å². The summed E-state index contributed by atoms with van der Waals surface area (Å²) in [4.78, 5) is 13.2. The smallest absolute Gasteiger partial charge is 0.303 e. The highest BCUT2D eigenvalue weighted by atomic mass is 16.4. The van der Waals surface area contributed by atoms with Crippen molar-refractivity contribution < 1.29 is 9.90 Å². The summed E-state index contributed by atoms with van der Waals surface area (Å²) >= 11 is 0. The number of hydrogen-bond donors (Lipinski definition) is 1. The van der Waals surface area contributed by atoms with Gasteiger partial charge < -0.3 is 10.0 Å². The molecule has 0 saturated heterocycles. The molecule has 2 rings (SSSR count). The maximum absolute atomic E-state index is 10.8. The Labute approximate surface area is 128 Å². The topological polar surface area (TPSA) is 40.5 Å². The number of benzene rings is 1. The number of carboxylic acid groups (broad SMARTS) is 1. The largest absolute Gasteiger partial charge is 0.481 e. The molecule has 0 radical (unpaired) electrons. The number of nitrogens with zero attached hydrogens (tertiary/aromatic N) is 1. The first-order valence-electron chi connectivity index (χ1n) is 8.01. The second kappa shape index (κ2) is 6.97. The molecule has 3 heteroatoms. The minimum atomic E-state index is -0.701. The molecule has 0 aliphatic heterocycles. The summed E-state index contributed by atoms with van der Waals surface area (Å²) in [5, 5.41) is 8.86. The lowest BCUT2D eigenvalue weighted by Crippen LogP contribution is -2.40. The Morgan fingerprint density at radius 2 is 1.86 bits per heavy atom. The summed E-state index contributed by atoms with van der Waals surface area (Å²) in [5.74, 6) is -0.701. The first-order chi connectivity index (χ1) is 9.98. The Morgan fingerprint density at radius 3 is 2.43 bits per heavy atom. The van der Waals surface area contributed by atoms with Gasteiger partial charge in [-0.25, -0.2) is 0 Å². The molecule has 1 N–H and O–H groups in total. The lowest BCUT2D eigenvalue weighted by atomic mass is 9.75. The van der Waals surface area contributed by atoms with Crippen molar-refractivity contribution >= 4 is 11.7 Å². The zero-order chi connectivity index (χ0) is 15.3. The number of aliphatic carboxylic acids is 1. The van der Waals surface area contributed by atoms with Gasteiger partial charge in [0.05, 0.1) is 0 Å². The molecular weight excluding hydrogens is 262 g/mol. The minimum Gasteiger partial charge on any atom is -0.481 e. The summed E-state index contributed by atoms with van der Waals surface area (Å²) in [6, 6.07) is 11.0. The van der Waals surface area contributed by atoms with Crippen LogP contribution in [0.5, 0.6) is 0 Å². The zero-order valence-electron chi connectivity index (χ0n) is 13.2. The number of para-hydroxylation sites is 1. The lowest BCUT2D eigenvalue weighted by molar-refractivity contribution is -0.137. The third-order valence-electron chi connectivity index (χ3n) is 4.63. The van der Waals surface area contributed by atoms with E-state index in [1.807, 2.05) is 6.07 Å². The van der Waals surface area contributed by atoms with Gasteiger partial charge in [-0.3, -0.25) is 4.79 Å². The van der Waals surface area contributed by atoms with Gasteiger partial charge in [-0.2, -0.15) is 0 Å². The number of anilines is 1. The van der Waals surface area contributed by atoms with E-state index in [2.05, 4.69) is 43.0 Å². The van der Waals surface area contributed by atoms with Gasteiger partial charge in [0.1, 0.15) is 0 Å². The molecule has 1 aromatic carbocycles. The van der Waals surface area contributed by atoms with E-state index in [0.717, 1.165) is 6.54 Å². The van der Waals surface area contributed by atoms with Crippen LogP contribution in [-0.2, 0) is 4.79 Å². The van der Waals surface area contributed by atoms with Crippen LogP contribution in [0.25, 0.3) is 0 Å². The molecule has 0 amide bonds. The van der Waals surface area contributed by atoms with Gasteiger partial charge in [-0.15, -0.1) is 0 Å². The maximum Gasteiger partial charge on any atom is 0.303 e. The highest BCUT2D eigenvalue weighted by Gasteiger charge is 2.30. The average Bonchev–Trinajstić information content (AvgIpc) is 2.45. The van der Waals surface area contributed by atoms with E-state index >= 15 is 0 Å². The highest BCUT2D eigenvalue weighted by Crippen LogP contribution is 2.38. The van der Waals surface area contributed by atoms with Crippen LogP contribution in [0.2, 0.25) is 0 Å². The predicted octanol–water partition coefficient (Wildman–Crippen LogP) is 4.33. The van der Waals surface area contributed by atoms with Crippen molar-refractivity contribution in [2.45, 2.75) is 58.4 Å². The van der Waals surface area contributed by atoms with Crippen molar-refractivity contribution in [3.05, 3.63) is 30.3 Å². The van der Waals surface area contributed by atoms with Gasteiger partial charge in [0, 0.05) is 24.7 Å². The predicted molar refractivity (Wildman–Crippen MR) is 86.7 cm³/mol. The fraction of sp³-hybridized carbons (Fsp3) is 0.611. The first-order valence-corrected chi connectivity index (χ1v) is 8.01. The Hall–Kier alpha value is -1.51. The van der Waals surface area contributed by atoms with Crippen LogP contribution >= 0.6 is 0 Å². The molecule has 0 atom stereocenters. The third kappa shape index (κ3) is 4.76. The number of carbonyl (C=O) groups is 1. The van der Waals surface area contributed by atoms with Crippen LogP contribution in [0.4, 0.5) is 5.69 Å². The van der Waals surface area contributed by atoms with Crippen molar-refractivity contribution in [3.63, 3.8) is 0 Å². The molecule has 0 bridgehead atoms. The summed E-state index contributed by atoms with van der Waals surface area (Å²) in [6.07, 6.45) is 5.87. The van der Waals surface area contributed by atoms with Crippen molar-refractivity contribution in [2.24, 2.45) is 5.41 Å².